The number of carboxylic acids is 1. The smallest absolute Gasteiger partial charge is 0.307 e. The number of rotatable bonds is 1. The zero-order chi connectivity index (χ0) is 8.01. The summed E-state index contributed by atoms with van der Waals surface area (Å²) in [4.78, 5) is 10.8. The lowest BCUT2D eigenvalue weighted by atomic mass is 9.81. The van der Waals surface area contributed by atoms with Crippen LogP contribution in [0.2, 0.25) is 0 Å². The Labute approximate surface area is 66.6 Å². The van der Waals surface area contributed by atoms with Crippen molar-refractivity contribution in [3.8, 4) is 0 Å². The number of aliphatic carboxylic acids is 1. The quantitative estimate of drug-likeness (QED) is 0.624. The average molecular weight is 154 g/mol. The molecule has 0 unspecified atom stereocenters. The highest BCUT2D eigenvalue weighted by molar-refractivity contribution is 5.71. The highest BCUT2D eigenvalue weighted by atomic mass is 16.4. The predicted octanol–water partition coefficient (Wildman–Crippen LogP) is 1.75. The average Bonchev–Trinajstić information content (AvgIpc) is 2.44. The molecule has 0 radical (unpaired) electrons. The van der Waals surface area contributed by atoms with Crippen molar-refractivity contribution in [2.24, 2.45) is 23.7 Å². The van der Waals surface area contributed by atoms with Crippen molar-refractivity contribution in [2.45, 2.75) is 26.2 Å². The molecule has 2 aliphatic rings. The van der Waals surface area contributed by atoms with E-state index in [0.717, 1.165) is 12.3 Å². The molecule has 2 bridgehead atoms. The Balaban J connectivity index is 2.17. The first-order valence-corrected chi connectivity index (χ1v) is 4.43. The summed E-state index contributed by atoms with van der Waals surface area (Å²) >= 11 is 0. The summed E-state index contributed by atoms with van der Waals surface area (Å²) < 4.78 is 0. The predicted molar refractivity (Wildman–Crippen MR) is 41.1 cm³/mol. The van der Waals surface area contributed by atoms with Crippen LogP contribution in [-0.4, -0.2) is 11.1 Å². The fraction of sp³-hybridized carbons (Fsp3) is 0.889. The van der Waals surface area contributed by atoms with E-state index in [9.17, 15) is 4.79 Å². The fourth-order valence-electron chi connectivity index (χ4n) is 3.01. The molecule has 0 spiro atoms. The lowest BCUT2D eigenvalue weighted by molar-refractivity contribution is -0.145. The standard InChI is InChI=1S/C9H14O2/c1-5-6-2-3-7(4-6)8(5)9(10)11/h5-8H,2-4H2,1H3,(H,10,11)/t5-,6-,7-,8+/m0/s1. The van der Waals surface area contributed by atoms with Gasteiger partial charge in [-0.15, -0.1) is 0 Å². The van der Waals surface area contributed by atoms with Gasteiger partial charge in [-0.2, -0.15) is 0 Å². The van der Waals surface area contributed by atoms with Crippen LogP contribution in [0.4, 0.5) is 0 Å². The highest BCUT2D eigenvalue weighted by Crippen LogP contribution is 2.51. The van der Waals surface area contributed by atoms with Crippen LogP contribution in [0.3, 0.4) is 0 Å². The molecule has 0 amide bonds. The Morgan fingerprint density at radius 3 is 2.36 bits per heavy atom. The molecule has 2 rings (SSSR count). The minimum atomic E-state index is -0.565. The van der Waals surface area contributed by atoms with Crippen molar-refractivity contribution in [1.82, 2.24) is 0 Å². The molecule has 0 aliphatic heterocycles. The molecule has 0 aromatic carbocycles. The molecule has 4 atom stereocenters. The van der Waals surface area contributed by atoms with Crippen molar-refractivity contribution in [1.29, 1.82) is 0 Å². The molecule has 0 aromatic rings. The second-order valence-electron chi connectivity index (χ2n) is 4.06. The van der Waals surface area contributed by atoms with Crippen LogP contribution >= 0.6 is 0 Å². The van der Waals surface area contributed by atoms with Gasteiger partial charge in [-0.25, -0.2) is 0 Å². The second-order valence-corrected chi connectivity index (χ2v) is 4.06. The molecule has 2 fully saturated rings. The maximum Gasteiger partial charge on any atom is 0.307 e. The summed E-state index contributed by atoms with van der Waals surface area (Å²) in [6.45, 7) is 2.10. The Morgan fingerprint density at radius 2 is 2.00 bits per heavy atom. The monoisotopic (exact) mass is 154 g/mol. The number of hydrogen-bond donors (Lipinski definition) is 1. The van der Waals surface area contributed by atoms with Crippen molar-refractivity contribution < 1.29 is 9.90 Å². The highest BCUT2D eigenvalue weighted by Gasteiger charge is 2.48. The SMILES string of the molecule is C[C@H]1[C@H]2CC[C@@H](C2)[C@@H]1C(=O)O. The summed E-state index contributed by atoms with van der Waals surface area (Å²) in [6.07, 6.45) is 3.61. The molecule has 2 nitrogen and oxygen atoms in total. The van der Waals surface area contributed by atoms with E-state index in [2.05, 4.69) is 6.92 Å². The summed E-state index contributed by atoms with van der Waals surface area (Å²) in [7, 11) is 0. The second kappa shape index (κ2) is 2.23. The molecule has 62 valence electrons. The van der Waals surface area contributed by atoms with Crippen LogP contribution in [0.15, 0.2) is 0 Å². The van der Waals surface area contributed by atoms with Gasteiger partial charge in [-0.1, -0.05) is 6.92 Å². The third-order valence-electron chi connectivity index (χ3n) is 3.62. The molecule has 11 heavy (non-hydrogen) atoms. The number of fused-ring (bicyclic) bond motifs is 2. The third-order valence-corrected chi connectivity index (χ3v) is 3.62. The van der Waals surface area contributed by atoms with E-state index in [4.69, 9.17) is 5.11 Å². The first kappa shape index (κ1) is 7.14. The van der Waals surface area contributed by atoms with E-state index >= 15 is 0 Å². The normalized spacial score (nSPS) is 48.1. The Hall–Kier alpha value is -0.530. The van der Waals surface area contributed by atoms with Crippen LogP contribution in [0.1, 0.15) is 26.2 Å². The molecule has 0 aromatic heterocycles. The van der Waals surface area contributed by atoms with Crippen molar-refractivity contribution in [3.05, 3.63) is 0 Å². The zero-order valence-electron chi connectivity index (χ0n) is 6.79. The summed E-state index contributed by atoms with van der Waals surface area (Å²) in [5, 5.41) is 8.91. The van der Waals surface area contributed by atoms with Gasteiger partial charge in [0, 0.05) is 0 Å². The van der Waals surface area contributed by atoms with Gasteiger partial charge in [0.1, 0.15) is 0 Å². The van der Waals surface area contributed by atoms with Crippen LogP contribution in [0, 0.1) is 23.7 Å². The number of carbonyl (C=O) groups is 1. The van der Waals surface area contributed by atoms with E-state index in [1.54, 1.807) is 0 Å². The zero-order valence-corrected chi connectivity index (χ0v) is 6.79. The molecule has 2 aliphatic carbocycles. The maximum atomic E-state index is 10.8. The van der Waals surface area contributed by atoms with Gasteiger partial charge in [0.25, 0.3) is 0 Å². The third kappa shape index (κ3) is 0.883. The van der Waals surface area contributed by atoms with Gasteiger partial charge in [0.2, 0.25) is 0 Å². The summed E-state index contributed by atoms with van der Waals surface area (Å²) in [6, 6.07) is 0. The number of hydrogen-bond acceptors (Lipinski definition) is 1. The van der Waals surface area contributed by atoms with Gasteiger partial charge in [-0.3, -0.25) is 4.79 Å². The van der Waals surface area contributed by atoms with E-state index in [-0.39, 0.29) is 5.92 Å². The van der Waals surface area contributed by atoms with E-state index in [1.165, 1.54) is 12.8 Å². The lowest BCUT2D eigenvalue weighted by Crippen LogP contribution is -2.27. The molecular weight excluding hydrogens is 140 g/mol. The lowest BCUT2D eigenvalue weighted by Gasteiger charge is -2.24. The largest absolute Gasteiger partial charge is 0.481 e. The molecule has 2 heteroatoms. The van der Waals surface area contributed by atoms with E-state index in [0.29, 0.717) is 11.8 Å². The topological polar surface area (TPSA) is 37.3 Å². The minimum Gasteiger partial charge on any atom is -0.481 e. The van der Waals surface area contributed by atoms with Gasteiger partial charge in [0.05, 0.1) is 5.92 Å². The van der Waals surface area contributed by atoms with Gasteiger partial charge in [0.15, 0.2) is 0 Å². The van der Waals surface area contributed by atoms with E-state index < -0.39 is 5.97 Å². The Morgan fingerprint density at radius 1 is 1.36 bits per heavy atom. The summed E-state index contributed by atoms with van der Waals surface area (Å²) in [5.41, 5.74) is 0. The van der Waals surface area contributed by atoms with Crippen LogP contribution in [0.5, 0.6) is 0 Å². The first-order valence-electron chi connectivity index (χ1n) is 4.43. The molecule has 0 saturated heterocycles. The van der Waals surface area contributed by atoms with Crippen molar-refractivity contribution >= 4 is 5.97 Å². The van der Waals surface area contributed by atoms with Crippen LogP contribution in [0.25, 0.3) is 0 Å². The fourth-order valence-corrected chi connectivity index (χ4v) is 3.01. The van der Waals surface area contributed by atoms with Crippen LogP contribution < -0.4 is 0 Å². The maximum absolute atomic E-state index is 10.8. The van der Waals surface area contributed by atoms with Crippen molar-refractivity contribution in [3.63, 3.8) is 0 Å². The Kier molecular flexibility index (Phi) is 1.44. The molecule has 0 heterocycles. The van der Waals surface area contributed by atoms with Gasteiger partial charge >= 0.3 is 5.97 Å². The van der Waals surface area contributed by atoms with Gasteiger partial charge < -0.3 is 5.11 Å². The first-order chi connectivity index (χ1) is 5.20. The summed E-state index contributed by atoms with van der Waals surface area (Å²) in [5.74, 6) is 1.08. The van der Waals surface area contributed by atoms with Gasteiger partial charge in [-0.05, 0) is 37.0 Å². The van der Waals surface area contributed by atoms with Crippen molar-refractivity contribution in [2.75, 3.05) is 0 Å². The molecule has 1 N–H and O–H groups in total. The molecule has 2 saturated carbocycles. The van der Waals surface area contributed by atoms with Crippen LogP contribution in [-0.2, 0) is 4.79 Å². The minimum absolute atomic E-state index is 0.0197. The number of carboxylic acid groups (broad SMARTS) is 1. The Bertz CT molecular complexity index is 186. The molecular formula is C9H14O2. The van der Waals surface area contributed by atoms with E-state index in [1.807, 2.05) is 0 Å².